The number of thiazole rings is 1. The normalized spacial score (nSPS) is 17.6. The van der Waals surface area contributed by atoms with Crippen LogP contribution < -0.4 is 4.74 Å². The molecule has 0 radical (unpaired) electrons. The molecule has 43 heavy (non-hydrogen) atoms. The number of aliphatic hydroxyl groups excluding tert-OH is 1. The molecule has 12 heteroatoms. The van der Waals surface area contributed by atoms with Crippen LogP contribution in [0.25, 0.3) is 10.4 Å². The lowest BCUT2D eigenvalue weighted by molar-refractivity contribution is -0.135. The fraction of sp³-hybridized carbons (Fsp3) is 0.452. The Bertz CT molecular complexity index is 1560. The van der Waals surface area contributed by atoms with Gasteiger partial charge in [-0.3, -0.25) is 9.59 Å². The minimum absolute atomic E-state index is 0.0758. The predicted molar refractivity (Wildman–Crippen MR) is 162 cm³/mol. The van der Waals surface area contributed by atoms with E-state index in [9.17, 15) is 14.7 Å². The van der Waals surface area contributed by atoms with Crippen molar-refractivity contribution in [3.05, 3.63) is 70.6 Å². The minimum Gasteiger partial charge on any atom is -0.479 e. The van der Waals surface area contributed by atoms with E-state index in [0.717, 1.165) is 21.7 Å². The fourth-order valence-electron chi connectivity index (χ4n) is 5.54. The maximum atomic E-state index is 13.8. The van der Waals surface area contributed by atoms with E-state index in [1.165, 1.54) is 7.11 Å². The van der Waals surface area contributed by atoms with Crippen molar-refractivity contribution in [2.24, 2.45) is 5.92 Å². The Balaban J connectivity index is 1.33. The highest BCUT2D eigenvalue weighted by Crippen LogP contribution is 2.37. The second kappa shape index (κ2) is 12.7. The van der Waals surface area contributed by atoms with Crippen LogP contribution in [-0.2, 0) is 11.3 Å². The molecule has 0 saturated carbocycles. The summed E-state index contributed by atoms with van der Waals surface area (Å²) in [7, 11) is 1.48. The lowest BCUT2D eigenvalue weighted by Crippen LogP contribution is -2.38. The molecular formula is C31H38N6O5S. The molecule has 1 fully saturated rings. The summed E-state index contributed by atoms with van der Waals surface area (Å²) in [4.78, 5) is 44.1. The molecule has 11 nitrogen and oxygen atoms in total. The van der Waals surface area contributed by atoms with Crippen LogP contribution in [-0.4, -0.2) is 72.6 Å². The third-order valence-electron chi connectivity index (χ3n) is 7.85. The van der Waals surface area contributed by atoms with Crippen LogP contribution in [0.5, 0.6) is 5.88 Å². The summed E-state index contributed by atoms with van der Waals surface area (Å²) in [6, 6.07) is 9.20. The molecule has 1 saturated heterocycles. The number of nitrogens with one attached hydrogen (secondary N) is 1. The van der Waals surface area contributed by atoms with Gasteiger partial charge in [0.25, 0.3) is 11.8 Å². The van der Waals surface area contributed by atoms with Gasteiger partial charge in [0.1, 0.15) is 17.4 Å². The first-order valence-electron chi connectivity index (χ1n) is 14.4. The van der Waals surface area contributed by atoms with Crippen LogP contribution in [0.2, 0.25) is 0 Å². The number of amides is 2. The zero-order chi connectivity index (χ0) is 30.8. The summed E-state index contributed by atoms with van der Waals surface area (Å²) >= 11 is 1.61. The molecular weight excluding hydrogens is 568 g/mol. The maximum absolute atomic E-state index is 13.8. The number of aryl methyl sites for hydroxylation is 1. The molecule has 1 aliphatic heterocycles. The molecule has 0 bridgehead atoms. The van der Waals surface area contributed by atoms with Crippen molar-refractivity contribution in [1.29, 1.82) is 0 Å². The van der Waals surface area contributed by atoms with Crippen molar-refractivity contribution < 1.29 is 24.0 Å². The fourth-order valence-corrected chi connectivity index (χ4v) is 6.35. The van der Waals surface area contributed by atoms with Crippen LogP contribution in [0.4, 0.5) is 0 Å². The Morgan fingerprint density at radius 2 is 1.98 bits per heavy atom. The number of carbonyl (C=O) groups excluding carboxylic acids is 2. The second-order valence-corrected chi connectivity index (χ2v) is 12.4. The molecule has 3 atom stereocenters. The number of nitrogens with zero attached hydrogens (tertiary/aromatic N) is 5. The van der Waals surface area contributed by atoms with E-state index in [2.05, 4.69) is 32.2 Å². The van der Waals surface area contributed by atoms with E-state index in [0.29, 0.717) is 30.4 Å². The Kier molecular flexibility index (Phi) is 8.97. The number of aliphatic hydroxyl groups is 1. The van der Waals surface area contributed by atoms with E-state index >= 15 is 0 Å². The standard InChI is InChI=1S/C31H38N6O5S/c1-17(2)27(25-12-26(41-6)35-42-25)31(40)37-15-22(38)11-24(37)29-32-13-23(34-29)30(39)36(18(3)4)14-20-7-9-21(10-8-20)28-19(5)33-16-43-28/h7-10,12-13,16-18,22,24,27,38H,11,14-15H2,1-6H3,(H,32,34)/t22-,24+,27?/m1/s1. The van der Waals surface area contributed by atoms with Crippen molar-refractivity contribution in [3.63, 3.8) is 0 Å². The van der Waals surface area contributed by atoms with E-state index < -0.39 is 18.1 Å². The average molecular weight is 607 g/mol. The molecule has 2 amide bonds. The molecule has 4 heterocycles. The zero-order valence-corrected chi connectivity index (χ0v) is 26.1. The average Bonchev–Trinajstić information content (AvgIpc) is 3.78. The number of aromatic amines is 1. The Hall–Kier alpha value is -4.03. The number of β-amino-alcohol motifs (C(OH)–C–C–N with tert-alkyl or cyclic N) is 1. The van der Waals surface area contributed by atoms with Crippen LogP contribution in [0.1, 0.15) is 79.4 Å². The van der Waals surface area contributed by atoms with Gasteiger partial charge in [0.2, 0.25) is 5.91 Å². The Morgan fingerprint density at radius 1 is 1.23 bits per heavy atom. The van der Waals surface area contributed by atoms with Gasteiger partial charge in [0.05, 0.1) is 35.3 Å². The number of benzene rings is 1. The van der Waals surface area contributed by atoms with E-state index in [1.54, 1.807) is 33.4 Å². The summed E-state index contributed by atoms with van der Waals surface area (Å²) in [5.74, 6) is 0.000691. The van der Waals surface area contributed by atoms with Crippen molar-refractivity contribution in [2.45, 2.75) is 71.7 Å². The minimum atomic E-state index is -0.723. The number of aromatic nitrogens is 4. The van der Waals surface area contributed by atoms with Crippen LogP contribution in [0.3, 0.4) is 0 Å². The molecule has 1 aliphatic rings. The summed E-state index contributed by atoms with van der Waals surface area (Å²) in [5, 5.41) is 14.4. The number of ether oxygens (including phenoxy) is 1. The number of carbonyl (C=O) groups is 2. The molecule has 0 spiro atoms. The molecule has 3 aromatic heterocycles. The first kappa shape index (κ1) is 30.4. The summed E-state index contributed by atoms with van der Waals surface area (Å²) in [5.41, 5.74) is 5.20. The van der Waals surface area contributed by atoms with Gasteiger partial charge in [-0.1, -0.05) is 38.1 Å². The zero-order valence-electron chi connectivity index (χ0n) is 25.3. The Morgan fingerprint density at radius 3 is 2.58 bits per heavy atom. The highest BCUT2D eigenvalue weighted by atomic mass is 32.1. The number of hydrogen-bond donors (Lipinski definition) is 2. The number of methoxy groups -OCH3 is 1. The van der Waals surface area contributed by atoms with Gasteiger partial charge in [0.15, 0.2) is 5.76 Å². The molecule has 1 unspecified atom stereocenters. The van der Waals surface area contributed by atoms with Gasteiger partial charge in [-0.05, 0) is 43.0 Å². The third-order valence-corrected chi connectivity index (χ3v) is 8.83. The molecule has 2 N–H and O–H groups in total. The van der Waals surface area contributed by atoms with Crippen molar-refractivity contribution in [2.75, 3.05) is 13.7 Å². The lowest BCUT2D eigenvalue weighted by Gasteiger charge is -2.28. The van der Waals surface area contributed by atoms with Crippen LogP contribution in [0.15, 0.2) is 46.6 Å². The van der Waals surface area contributed by atoms with Gasteiger partial charge < -0.3 is 29.2 Å². The van der Waals surface area contributed by atoms with Gasteiger partial charge in [0, 0.05) is 37.8 Å². The molecule has 5 rings (SSSR count). The summed E-state index contributed by atoms with van der Waals surface area (Å²) in [6.07, 6.45) is 1.16. The van der Waals surface area contributed by atoms with Crippen molar-refractivity contribution in [3.8, 4) is 16.3 Å². The maximum Gasteiger partial charge on any atom is 0.274 e. The molecule has 1 aromatic carbocycles. The SMILES string of the molecule is COc1cc(C(C(=O)N2C[C@H](O)C[C@H]2c2nc(C(=O)N(Cc3ccc(-c4scnc4C)cc3)C(C)C)c[nH]2)C(C)C)on1. The largest absolute Gasteiger partial charge is 0.479 e. The van der Waals surface area contributed by atoms with Gasteiger partial charge in [-0.25, -0.2) is 9.97 Å². The summed E-state index contributed by atoms with van der Waals surface area (Å²) in [6.45, 7) is 10.4. The van der Waals surface area contributed by atoms with Gasteiger partial charge in [-0.15, -0.1) is 11.3 Å². The predicted octanol–water partition coefficient (Wildman–Crippen LogP) is 4.96. The number of rotatable bonds is 10. The lowest BCUT2D eigenvalue weighted by atomic mass is 9.91. The number of hydrogen-bond acceptors (Lipinski definition) is 9. The van der Waals surface area contributed by atoms with Crippen LogP contribution >= 0.6 is 11.3 Å². The topological polar surface area (TPSA) is 138 Å². The first-order chi connectivity index (χ1) is 20.6. The molecule has 4 aromatic rings. The third kappa shape index (κ3) is 6.35. The molecule has 228 valence electrons. The van der Waals surface area contributed by atoms with Crippen molar-refractivity contribution >= 4 is 23.2 Å². The number of imidazole rings is 1. The van der Waals surface area contributed by atoms with Gasteiger partial charge >= 0.3 is 0 Å². The number of likely N-dealkylation sites (tertiary alicyclic amines) is 1. The van der Waals surface area contributed by atoms with E-state index in [1.807, 2.05) is 52.3 Å². The highest BCUT2D eigenvalue weighted by Gasteiger charge is 2.42. The highest BCUT2D eigenvalue weighted by molar-refractivity contribution is 7.13. The monoisotopic (exact) mass is 606 g/mol. The van der Waals surface area contributed by atoms with Crippen molar-refractivity contribution in [1.82, 2.24) is 29.9 Å². The van der Waals surface area contributed by atoms with Gasteiger partial charge in [-0.2, -0.15) is 0 Å². The summed E-state index contributed by atoms with van der Waals surface area (Å²) < 4.78 is 10.6. The van der Waals surface area contributed by atoms with Crippen LogP contribution in [0, 0.1) is 12.8 Å². The number of H-pyrrole nitrogens is 1. The van der Waals surface area contributed by atoms with E-state index in [4.69, 9.17) is 9.26 Å². The molecule has 0 aliphatic carbocycles. The first-order valence-corrected chi connectivity index (χ1v) is 15.3. The van der Waals surface area contributed by atoms with E-state index in [-0.39, 0.29) is 36.0 Å². The second-order valence-electron chi connectivity index (χ2n) is 11.6. The Labute approximate surface area is 254 Å². The quantitative estimate of drug-likeness (QED) is 0.258. The smallest absolute Gasteiger partial charge is 0.274 e.